The molecule has 3 atom stereocenters. The molecule has 2 nitrogen and oxygen atoms in total. The molecule has 0 fully saturated rings. The third kappa shape index (κ3) is 10.0. The average molecular weight is 361 g/mol. The lowest BCUT2D eigenvalue weighted by atomic mass is 9.89. The molecule has 0 aliphatic carbocycles. The average Bonchev–Trinajstić information content (AvgIpc) is 2.59. The first-order chi connectivity index (χ1) is 12.4. The topological polar surface area (TPSA) is 29.5 Å². The van der Waals surface area contributed by atoms with Crippen LogP contribution in [0.3, 0.4) is 0 Å². The Balaban J connectivity index is 2.42. The van der Waals surface area contributed by atoms with Crippen molar-refractivity contribution >= 4 is 0 Å². The Hall–Kier alpha value is -1.28. The molecular weight excluding hydrogens is 320 g/mol. The van der Waals surface area contributed by atoms with E-state index >= 15 is 0 Å². The van der Waals surface area contributed by atoms with Crippen molar-refractivity contribution < 1.29 is 9.84 Å². The second-order valence-corrected chi connectivity index (χ2v) is 8.08. The maximum atomic E-state index is 9.56. The molecule has 1 rings (SSSR count). The van der Waals surface area contributed by atoms with Gasteiger partial charge in [-0.25, -0.2) is 0 Å². The molecule has 0 heterocycles. The lowest BCUT2D eigenvalue weighted by molar-refractivity contribution is 0.177. The Labute approximate surface area is 161 Å². The lowest BCUT2D eigenvalue weighted by Crippen LogP contribution is -2.06. The summed E-state index contributed by atoms with van der Waals surface area (Å²) in [5, 5.41) is 9.56. The van der Waals surface area contributed by atoms with E-state index in [0.717, 1.165) is 31.6 Å². The van der Waals surface area contributed by atoms with Gasteiger partial charge < -0.3 is 9.84 Å². The Bertz CT molecular complexity index is 497. The molecule has 1 aromatic carbocycles. The fourth-order valence-electron chi connectivity index (χ4n) is 3.28. The highest BCUT2D eigenvalue weighted by atomic mass is 16.5. The zero-order valence-corrected chi connectivity index (χ0v) is 17.6. The van der Waals surface area contributed by atoms with E-state index in [1.165, 1.54) is 36.8 Å². The molecule has 148 valence electrons. The molecule has 2 unspecified atom stereocenters. The minimum Gasteiger partial charge on any atom is -0.494 e. The molecule has 0 aliphatic rings. The summed E-state index contributed by atoms with van der Waals surface area (Å²) < 4.78 is 5.94. The predicted molar refractivity (Wildman–Crippen MR) is 113 cm³/mol. The van der Waals surface area contributed by atoms with Gasteiger partial charge in [0.2, 0.25) is 0 Å². The third-order valence-corrected chi connectivity index (χ3v) is 5.01. The summed E-state index contributed by atoms with van der Waals surface area (Å²) >= 11 is 0. The monoisotopic (exact) mass is 360 g/mol. The summed E-state index contributed by atoms with van der Waals surface area (Å²) in [7, 11) is 0. The standard InChI is InChI=1S/C24H40O2/c1-6-8-22(12-11-21(5)25)23-13-15-24(16-14-23)26-18-17-20(4)10-7-9-19(2)3/h9,13-16,20-22,25H,6-8,10-12,17-18H2,1-5H3/t20-,21?,22?/m0/s1. The van der Waals surface area contributed by atoms with Gasteiger partial charge in [0.25, 0.3) is 0 Å². The van der Waals surface area contributed by atoms with Gasteiger partial charge in [0.05, 0.1) is 12.7 Å². The summed E-state index contributed by atoms with van der Waals surface area (Å²) in [6.07, 6.45) is 9.88. The van der Waals surface area contributed by atoms with Crippen LogP contribution in [-0.4, -0.2) is 17.8 Å². The SMILES string of the molecule is CCCC(CCC(C)O)c1ccc(OCC[C@@H](C)CCC=C(C)C)cc1. The Morgan fingerprint density at radius 2 is 1.69 bits per heavy atom. The van der Waals surface area contributed by atoms with Gasteiger partial charge in [-0.15, -0.1) is 0 Å². The van der Waals surface area contributed by atoms with Crippen molar-refractivity contribution in [1.82, 2.24) is 0 Å². The van der Waals surface area contributed by atoms with Crippen LogP contribution < -0.4 is 4.74 Å². The first kappa shape index (κ1) is 22.8. The molecule has 0 aromatic heterocycles. The minimum absolute atomic E-state index is 0.212. The van der Waals surface area contributed by atoms with Gasteiger partial charge in [0.1, 0.15) is 5.75 Å². The highest BCUT2D eigenvalue weighted by Crippen LogP contribution is 2.28. The summed E-state index contributed by atoms with van der Waals surface area (Å²) in [4.78, 5) is 0. The van der Waals surface area contributed by atoms with Crippen LogP contribution in [0.25, 0.3) is 0 Å². The second-order valence-electron chi connectivity index (χ2n) is 8.08. The summed E-state index contributed by atoms with van der Waals surface area (Å²) in [5.74, 6) is 2.20. The molecule has 2 heteroatoms. The first-order valence-electron chi connectivity index (χ1n) is 10.5. The van der Waals surface area contributed by atoms with Crippen LogP contribution in [0.5, 0.6) is 5.75 Å². The number of hydrogen-bond acceptors (Lipinski definition) is 2. The molecule has 1 N–H and O–H groups in total. The zero-order valence-electron chi connectivity index (χ0n) is 17.6. The van der Waals surface area contributed by atoms with E-state index in [-0.39, 0.29) is 6.10 Å². The van der Waals surface area contributed by atoms with Gasteiger partial charge >= 0.3 is 0 Å². The van der Waals surface area contributed by atoms with Crippen molar-refractivity contribution in [3.8, 4) is 5.75 Å². The van der Waals surface area contributed by atoms with Crippen molar-refractivity contribution in [2.75, 3.05) is 6.61 Å². The van der Waals surface area contributed by atoms with E-state index < -0.39 is 0 Å². The number of benzene rings is 1. The van der Waals surface area contributed by atoms with Gasteiger partial charge in [0.15, 0.2) is 0 Å². The van der Waals surface area contributed by atoms with E-state index in [0.29, 0.717) is 11.8 Å². The second kappa shape index (κ2) is 13.0. The van der Waals surface area contributed by atoms with E-state index in [2.05, 4.69) is 58.0 Å². The highest BCUT2D eigenvalue weighted by Gasteiger charge is 2.12. The van der Waals surface area contributed by atoms with Gasteiger partial charge in [0, 0.05) is 0 Å². The van der Waals surface area contributed by atoms with Crippen LogP contribution in [0.2, 0.25) is 0 Å². The lowest BCUT2D eigenvalue weighted by Gasteiger charge is -2.18. The van der Waals surface area contributed by atoms with Crippen molar-refractivity contribution in [2.45, 2.75) is 91.6 Å². The number of aliphatic hydroxyl groups excluding tert-OH is 1. The maximum absolute atomic E-state index is 9.56. The van der Waals surface area contributed by atoms with Crippen molar-refractivity contribution in [2.24, 2.45) is 5.92 Å². The van der Waals surface area contributed by atoms with Crippen molar-refractivity contribution in [1.29, 1.82) is 0 Å². The Morgan fingerprint density at radius 3 is 2.27 bits per heavy atom. The largest absolute Gasteiger partial charge is 0.494 e. The number of allylic oxidation sites excluding steroid dienone is 2. The molecule has 0 spiro atoms. The maximum Gasteiger partial charge on any atom is 0.119 e. The van der Waals surface area contributed by atoms with Gasteiger partial charge in [-0.3, -0.25) is 0 Å². The van der Waals surface area contributed by atoms with E-state index in [4.69, 9.17) is 4.74 Å². The molecule has 0 bridgehead atoms. The zero-order chi connectivity index (χ0) is 19.4. The van der Waals surface area contributed by atoms with Crippen LogP contribution in [-0.2, 0) is 0 Å². The number of hydrogen-bond donors (Lipinski definition) is 1. The molecule has 0 radical (unpaired) electrons. The van der Waals surface area contributed by atoms with Crippen molar-refractivity contribution in [3.05, 3.63) is 41.5 Å². The number of aliphatic hydroxyl groups is 1. The molecular formula is C24H40O2. The van der Waals surface area contributed by atoms with Crippen LogP contribution >= 0.6 is 0 Å². The Morgan fingerprint density at radius 1 is 1.00 bits per heavy atom. The molecule has 26 heavy (non-hydrogen) atoms. The van der Waals surface area contributed by atoms with Crippen LogP contribution in [0.15, 0.2) is 35.9 Å². The molecule has 0 aliphatic heterocycles. The fourth-order valence-corrected chi connectivity index (χ4v) is 3.28. The number of ether oxygens (including phenoxy) is 1. The van der Waals surface area contributed by atoms with Gasteiger partial charge in [-0.2, -0.15) is 0 Å². The Kier molecular flexibility index (Phi) is 11.4. The highest BCUT2D eigenvalue weighted by molar-refractivity contribution is 5.29. The van der Waals surface area contributed by atoms with Crippen LogP contribution in [0, 0.1) is 5.92 Å². The van der Waals surface area contributed by atoms with Gasteiger partial charge in [-0.1, -0.05) is 44.1 Å². The van der Waals surface area contributed by atoms with Crippen LogP contribution in [0.1, 0.15) is 91.0 Å². The minimum atomic E-state index is -0.212. The smallest absolute Gasteiger partial charge is 0.119 e. The quantitative estimate of drug-likeness (QED) is 0.388. The van der Waals surface area contributed by atoms with Gasteiger partial charge in [-0.05, 0) is 88.8 Å². The normalized spacial score (nSPS) is 14.5. The third-order valence-electron chi connectivity index (χ3n) is 5.01. The summed E-state index contributed by atoms with van der Waals surface area (Å²) in [5.41, 5.74) is 2.78. The van der Waals surface area contributed by atoms with Crippen LogP contribution in [0.4, 0.5) is 0 Å². The molecule has 0 amide bonds. The molecule has 1 aromatic rings. The van der Waals surface area contributed by atoms with E-state index in [1.807, 2.05) is 6.92 Å². The molecule has 0 saturated carbocycles. The first-order valence-corrected chi connectivity index (χ1v) is 10.5. The van der Waals surface area contributed by atoms with Crippen molar-refractivity contribution in [3.63, 3.8) is 0 Å². The summed E-state index contributed by atoms with van der Waals surface area (Å²) in [6, 6.07) is 8.62. The van der Waals surface area contributed by atoms with E-state index in [9.17, 15) is 5.11 Å². The molecule has 0 saturated heterocycles. The predicted octanol–water partition coefficient (Wildman–Crippen LogP) is 6.88. The fraction of sp³-hybridized carbons (Fsp3) is 0.667. The van der Waals surface area contributed by atoms with E-state index in [1.54, 1.807) is 0 Å². The summed E-state index contributed by atoms with van der Waals surface area (Å²) in [6.45, 7) is 11.5. The number of rotatable bonds is 13.